The number of nitrogen functional groups attached to an aromatic ring is 1. The number of ether oxygens (including phenoxy) is 1. The number of rotatable bonds is 7. The summed E-state index contributed by atoms with van der Waals surface area (Å²) in [5.41, 5.74) is 6.71. The van der Waals surface area contributed by atoms with Gasteiger partial charge in [-0.05, 0) is 68.8 Å². The zero-order valence-corrected chi connectivity index (χ0v) is 32.4. The van der Waals surface area contributed by atoms with Crippen molar-refractivity contribution in [3.63, 3.8) is 0 Å². The Bertz CT molecular complexity index is 2260. The molecule has 0 radical (unpaired) electrons. The van der Waals surface area contributed by atoms with E-state index in [1.54, 1.807) is 38.5 Å². The van der Waals surface area contributed by atoms with Gasteiger partial charge in [-0.2, -0.15) is 13.2 Å². The first-order chi connectivity index (χ1) is 26.9. The van der Waals surface area contributed by atoms with Gasteiger partial charge in [-0.1, -0.05) is 30.9 Å². The maximum atomic E-state index is 15.1. The van der Waals surface area contributed by atoms with Crippen molar-refractivity contribution in [2.24, 2.45) is 7.05 Å². The van der Waals surface area contributed by atoms with E-state index in [1.807, 2.05) is 4.90 Å². The molecule has 0 spiro atoms. The Balaban J connectivity index is 1.19. The second kappa shape index (κ2) is 16.4. The Kier molecular flexibility index (Phi) is 11.7. The lowest BCUT2D eigenvalue weighted by Crippen LogP contribution is -2.45. The van der Waals surface area contributed by atoms with Crippen molar-refractivity contribution in [3.8, 4) is 23.2 Å². The van der Waals surface area contributed by atoms with Gasteiger partial charge >= 0.3 is 12.3 Å². The molecule has 300 valence electrons. The molecule has 12 nitrogen and oxygen atoms in total. The maximum Gasteiger partial charge on any atom is 0.417 e. The molecule has 2 aliphatic heterocycles. The van der Waals surface area contributed by atoms with Crippen LogP contribution < -0.4 is 11.1 Å². The number of piperazine rings is 1. The van der Waals surface area contributed by atoms with Gasteiger partial charge in [0.25, 0.3) is 5.91 Å². The number of anilines is 2. The first kappa shape index (κ1) is 40.9. The van der Waals surface area contributed by atoms with Crippen molar-refractivity contribution in [3.05, 3.63) is 93.6 Å². The Morgan fingerprint density at radius 3 is 2.35 bits per heavy atom. The fourth-order valence-corrected chi connectivity index (χ4v) is 6.86. The number of alkyl halides is 3. The molecule has 4 aromatic rings. The van der Waals surface area contributed by atoms with Gasteiger partial charge < -0.3 is 25.3 Å². The quantitative estimate of drug-likeness (QED) is 0.174. The molecule has 2 aromatic heterocycles. The Morgan fingerprint density at radius 2 is 1.67 bits per heavy atom. The highest BCUT2D eigenvalue weighted by molar-refractivity contribution is 6.05. The summed E-state index contributed by atoms with van der Waals surface area (Å²) in [5, 5.41) is 2.55. The summed E-state index contributed by atoms with van der Waals surface area (Å²) < 4.78 is 64.7. The van der Waals surface area contributed by atoms with Gasteiger partial charge in [-0.25, -0.2) is 24.1 Å². The van der Waals surface area contributed by atoms with Crippen LogP contribution >= 0.6 is 0 Å². The number of halogens is 4. The van der Waals surface area contributed by atoms with Crippen LogP contribution in [0, 0.1) is 17.7 Å². The first-order valence-corrected chi connectivity index (χ1v) is 18.5. The molecule has 0 bridgehead atoms. The highest BCUT2D eigenvalue weighted by Gasteiger charge is 2.36. The molecular weight excluding hydrogens is 744 g/mol. The lowest BCUT2D eigenvalue weighted by Gasteiger charge is -2.34. The molecule has 0 atom stereocenters. The molecule has 2 aromatic carbocycles. The SMILES string of the molecule is CCN1CCN(Cc2ccc(NC(=O)Cc3ccc(F)c(C#Cc4cnc(N)nc4-c4cc5c(n4C)CCN(C(=O)OC(C)(C)C)C5=O)c3)cc2C(F)(F)F)CC1. The smallest absolute Gasteiger partial charge is 0.417 e. The number of carbonyl (C=O) groups excluding carboxylic acids is 3. The summed E-state index contributed by atoms with van der Waals surface area (Å²) in [4.78, 5) is 52.9. The average molecular weight is 789 g/mol. The summed E-state index contributed by atoms with van der Waals surface area (Å²) in [6, 6.07) is 9.30. The molecule has 0 unspecified atom stereocenters. The van der Waals surface area contributed by atoms with Crippen LogP contribution in [-0.4, -0.2) is 92.0 Å². The van der Waals surface area contributed by atoms with Crippen LogP contribution in [0.1, 0.15) is 71.6 Å². The van der Waals surface area contributed by atoms with Crippen molar-refractivity contribution in [2.75, 3.05) is 50.3 Å². The predicted molar refractivity (Wildman–Crippen MR) is 205 cm³/mol. The third kappa shape index (κ3) is 9.61. The van der Waals surface area contributed by atoms with E-state index in [0.29, 0.717) is 36.5 Å². The molecule has 1 saturated heterocycles. The minimum Gasteiger partial charge on any atom is -0.443 e. The number of aromatic nitrogens is 3. The molecule has 2 aliphatic rings. The number of fused-ring (bicyclic) bond motifs is 1. The number of hydrogen-bond acceptors (Lipinski definition) is 9. The molecule has 3 amide bonds. The number of imide groups is 1. The van der Waals surface area contributed by atoms with Crippen LogP contribution in [0.2, 0.25) is 0 Å². The zero-order chi connectivity index (χ0) is 41.2. The number of amides is 3. The van der Waals surface area contributed by atoms with Crippen LogP contribution in [-0.2, 0) is 42.1 Å². The first-order valence-electron chi connectivity index (χ1n) is 18.5. The van der Waals surface area contributed by atoms with E-state index in [2.05, 4.69) is 38.9 Å². The van der Waals surface area contributed by atoms with Crippen LogP contribution in [0.15, 0.2) is 48.7 Å². The van der Waals surface area contributed by atoms with Crippen molar-refractivity contribution in [1.29, 1.82) is 0 Å². The van der Waals surface area contributed by atoms with Gasteiger partial charge in [0.05, 0.1) is 34.4 Å². The van der Waals surface area contributed by atoms with Gasteiger partial charge in [-0.15, -0.1) is 0 Å². The van der Waals surface area contributed by atoms with E-state index < -0.39 is 41.1 Å². The fraction of sp³-hybridized carbons (Fsp3) is 0.390. The van der Waals surface area contributed by atoms with Gasteiger partial charge in [-0.3, -0.25) is 14.5 Å². The van der Waals surface area contributed by atoms with Crippen molar-refractivity contribution in [1.82, 2.24) is 29.2 Å². The lowest BCUT2D eigenvalue weighted by atomic mass is 10.0. The molecule has 1 fully saturated rings. The van der Waals surface area contributed by atoms with Gasteiger partial charge in [0, 0.05) is 70.3 Å². The van der Waals surface area contributed by atoms with E-state index in [4.69, 9.17) is 10.5 Å². The van der Waals surface area contributed by atoms with Crippen LogP contribution in [0.25, 0.3) is 11.4 Å². The summed E-state index contributed by atoms with van der Waals surface area (Å²) in [6.07, 6.45) is -3.91. The highest BCUT2D eigenvalue weighted by Crippen LogP contribution is 2.35. The minimum absolute atomic E-state index is 0.00788. The summed E-state index contributed by atoms with van der Waals surface area (Å²) in [7, 11) is 1.74. The van der Waals surface area contributed by atoms with Crippen molar-refractivity contribution in [2.45, 2.75) is 58.9 Å². The molecule has 6 rings (SSSR count). The van der Waals surface area contributed by atoms with Crippen LogP contribution in [0.3, 0.4) is 0 Å². The summed E-state index contributed by atoms with van der Waals surface area (Å²) in [6.45, 7) is 11.2. The standard InChI is InChI=1S/C41H44F4N8O4/c1-6-51-15-17-52(18-16-51)24-28-10-11-29(21-31(28)41(43,44)45)48-35(54)20-25-7-12-32(42)26(19-25)8-9-27-23-47-38(46)49-36(27)34-22-30-33(50(34)5)13-14-53(37(30)55)39(56)57-40(2,3)4/h7,10-12,19,21-23H,6,13-18,20,24H2,1-5H3,(H,48,54)(H2,46,47,49). The summed E-state index contributed by atoms with van der Waals surface area (Å²) >= 11 is 0. The average Bonchev–Trinajstić information content (AvgIpc) is 3.48. The van der Waals surface area contributed by atoms with E-state index in [9.17, 15) is 27.6 Å². The van der Waals surface area contributed by atoms with Crippen molar-refractivity contribution < 1.29 is 36.7 Å². The van der Waals surface area contributed by atoms with E-state index >= 15 is 4.39 Å². The number of nitrogens with zero attached hydrogens (tertiary/aromatic N) is 6. The molecule has 16 heteroatoms. The lowest BCUT2D eigenvalue weighted by molar-refractivity contribution is -0.138. The fourth-order valence-electron chi connectivity index (χ4n) is 6.86. The zero-order valence-electron chi connectivity index (χ0n) is 32.4. The third-order valence-electron chi connectivity index (χ3n) is 9.80. The molecule has 57 heavy (non-hydrogen) atoms. The van der Waals surface area contributed by atoms with Crippen LogP contribution in [0.5, 0.6) is 0 Å². The van der Waals surface area contributed by atoms with Crippen LogP contribution in [0.4, 0.5) is 34.0 Å². The number of benzene rings is 2. The number of nitrogens with two attached hydrogens (primary N) is 1. The molecule has 0 aliphatic carbocycles. The van der Waals surface area contributed by atoms with E-state index in [1.165, 1.54) is 30.5 Å². The van der Waals surface area contributed by atoms with Crippen molar-refractivity contribution >= 4 is 29.5 Å². The Labute approximate surface area is 328 Å². The van der Waals surface area contributed by atoms with E-state index in [-0.39, 0.29) is 59.1 Å². The second-order valence-corrected chi connectivity index (χ2v) is 15.0. The topological polar surface area (TPSA) is 139 Å². The van der Waals surface area contributed by atoms with Gasteiger partial charge in [0.15, 0.2) is 0 Å². The molecular formula is C41H44F4N8O4. The van der Waals surface area contributed by atoms with E-state index in [0.717, 1.165) is 36.7 Å². The minimum atomic E-state index is -4.62. The second-order valence-electron chi connectivity index (χ2n) is 15.0. The number of hydrogen-bond donors (Lipinski definition) is 2. The molecule has 3 N–H and O–H groups in total. The highest BCUT2D eigenvalue weighted by atomic mass is 19.4. The normalized spacial score (nSPS) is 15.2. The predicted octanol–water partition coefficient (Wildman–Crippen LogP) is 5.87. The molecule has 4 heterocycles. The number of nitrogens with one attached hydrogen (secondary N) is 1. The Hall–Kier alpha value is -5.79. The number of likely N-dealkylation sites (N-methyl/N-ethyl adjacent to an activating group) is 1. The number of carbonyl (C=O) groups is 3. The monoisotopic (exact) mass is 788 g/mol. The third-order valence-corrected chi connectivity index (χ3v) is 9.80. The largest absolute Gasteiger partial charge is 0.443 e. The maximum absolute atomic E-state index is 15.1. The van der Waals surface area contributed by atoms with Gasteiger partial charge in [0.2, 0.25) is 11.9 Å². The Morgan fingerprint density at radius 1 is 0.965 bits per heavy atom. The van der Waals surface area contributed by atoms with Gasteiger partial charge in [0.1, 0.15) is 17.1 Å². The summed E-state index contributed by atoms with van der Waals surface area (Å²) in [5.74, 6) is 3.78. The molecule has 0 saturated carbocycles.